The number of esters is 1. The first-order chi connectivity index (χ1) is 15.3. The molecule has 3 rings (SSSR count). The Hall–Kier alpha value is -2.70. The average Bonchev–Trinajstić information content (AvgIpc) is 3.16. The van der Waals surface area contributed by atoms with Gasteiger partial charge in [0, 0.05) is 0 Å². The van der Waals surface area contributed by atoms with Crippen LogP contribution in [-0.4, -0.2) is 38.7 Å². The second-order valence-corrected chi connectivity index (χ2v) is 10.7. The van der Waals surface area contributed by atoms with Crippen molar-refractivity contribution in [3.63, 3.8) is 0 Å². The number of carbonyl (C=O) groups is 2. The third-order valence-electron chi connectivity index (χ3n) is 4.17. The lowest BCUT2D eigenvalue weighted by Gasteiger charge is -2.09. The quantitative estimate of drug-likeness (QED) is 0.406. The zero-order valence-electron chi connectivity index (χ0n) is 17.0. The molecular weight excluding hydrogens is 549 g/mol. The number of hydrogen-bond acceptors (Lipinski definition) is 6. The molecule has 0 spiro atoms. The summed E-state index contributed by atoms with van der Waals surface area (Å²) in [6, 6.07) is 15.9. The topological polar surface area (TPSA) is 97.7 Å². The monoisotopic (exact) mass is 564 g/mol. The molecule has 2 aromatic carbocycles. The van der Waals surface area contributed by atoms with Crippen LogP contribution in [0.1, 0.15) is 15.2 Å². The molecule has 1 N–H and O–H groups in total. The van der Waals surface area contributed by atoms with Gasteiger partial charge in [0.25, 0.3) is 0 Å². The number of hydrogen-bond donors (Lipinski definition) is 1. The molecule has 0 aliphatic heterocycles. The molecule has 0 radical (unpaired) electrons. The Bertz CT molecular complexity index is 1280. The number of halogens is 4. The number of methoxy groups -OCH3 is 1. The Balaban J connectivity index is 0.000000479. The molecule has 1 heterocycles. The molecule has 176 valence electrons. The molecule has 0 amide bonds. The highest BCUT2D eigenvalue weighted by atomic mass is 79.9. The zero-order chi connectivity index (χ0) is 25.0. The summed E-state index contributed by atoms with van der Waals surface area (Å²) < 4.78 is 62.9. The fourth-order valence-electron chi connectivity index (χ4n) is 2.59. The van der Waals surface area contributed by atoms with Gasteiger partial charge in [0.15, 0.2) is 0 Å². The number of aliphatic carboxylic acids is 1. The van der Waals surface area contributed by atoms with E-state index in [1.165, 1.54) is 13.2 Å². The van der Waals surface area contributed by atoms with Crippen molar-refractivity contribution in [2.24, 2.45) is 0 Å². The van der Waals surface area contributed by atoms with Crippen molar-refractivity contribution in [3.05, 3.63) is 68.8 Å². The molecule has 0 saturated carbocycles. The molecule has 6 nitrogen and oxygen atoms in total. The maximum Gasteiger partial charge on any atom is 0.490 e. The Kier molecular flexibility index (Phi) is 8.44. The molecule has 3 aromatic rings. The van der Waals surface area contributed by atoms with Gasteiger partial charge in [-0.2, -0.15) is 13.2 Å². The number of sulfone groups is 1. The van der Waals surface area contributed by atoms with Crippen LogP contribution in [0.4, 0.5) is 13.2 Å². The molecule has 0 bridgehead atoms. The zero-order valence-corrected chi connectivity index (χ0v) is 20.2. The van der Waals surface area contributed by atoms with E-state index < -0.39 is 28.0 Å². The first kappa shape index (κ1) is 26.6. The van der Waals surface area contributed by atoms with Gasteiger partial charge in [0.05, 0.1) is 20.7 Å². The van der Waals surface area contributed by atoms with Crippen molar-refractivity contribution in [1.82, 2.24) is 0 Å². The number of aryl methyl sites for hydroxylation is 1. The van der Waals surface area contributed by atoms with Gasteiger partial charge in [0.1, 0.15) is 4.88 Å². The van der Waals surface area contributed by atoms with Crippen LogP contribution in [-0.2, 0) is 19.4 Å². The molecule has 0 aliphatic rings. The summed E-state index contributed by atoms with van der Waals surface area (Å²) in [4.78, 5) is 21.1. The summed E-state index contributed by atoms with van der Waals surface area (Å²) in [5.74, 6) is -3.32. The van der Waals surface area contributed by atoms with Gasteiger partial charge >= 0.3 is 18.1 Å². The number of thiophene rings is 1. The lowest BCUT2D eigenvalue weighted by Crippen LogP contribution is -2.21. The van der Waals surface area contributed by atoms with E-state index in [2.05, 4.69) is 20.7 Å². The van der Waals surface area contributed by atoms with E-state index in [4.69, 9.17) is 9.90 Å². The SMILES string of the molecule is COC(=O)c1cc(S(=O)(=O)c2cccc(-c3ccccc3C)c2)c(Br)s1.O=C(O)C(F)(F)F. The molecular formula is C21H16BrF3O6S2. The van der Waals surface area contributed by atoms with Crippen molar-refractivity contribution in [1.29, 1.82) is 0 Å². The van der Waals surface area contributed by atoms with Gasteiger partial charge in [-0.1, -0.05) is 36.4 Å². The van der Waals surface area contributed by atoms with E-state index in [0.29, 0.717) is 3.79 Å². The number of alkyl halides is 3. The predicted molar refractivity (Wildman–Crippen MR) is 119 cm³/mol. The number of ether oxygens (including phenoxy) is 1. The van der Waals surface area contributed by atoms with Gasteiger partial charge in [-0.05, 0) is 57.7 Å². The first-order valence-electron chi connectivity index (χ1n) is 8.88. The summed E-state index contributed by atoms with van der Waals surface area (Å²) >= 11 is 4.29. The smallest absolute Gasteiger partial charge is 0.475 e. The summed E-state index contributed by atoms with van der Waals surface area (Å²) in [6.45, 7) is 1.98. The average molecular weight is 565 g/mol. The van der Waals surface area contributed by atoms with Gasteiger partial charge < -0.3 is 9.84 Å². The number of benzene rings is 2. The standard InChI is InChI=1S/C19H15BrO4S2.C2HF3O2/c1-12-6-3-4-9-15(12)13-7-5-8-14(10-13)26(22,23)17-11-16(19(21)24-2)25-18(17)20;3-2(4,5)1(6)7/h3-11H,1-2H3;(H,6,7). The minimum Gasteiger partial charge on any atom is -0.475 e. The Labute approximate surface area is 199 Å². The Morgan fingerprint density at radius 2 is 1.67 bits per heavy atom. The van der Waals surface area contributed by atoms with E-state index in [9.17, 15) is 26.4 Å². The summed E-state index contributed by atoms with van der Waals surface area (Å²) in [5.41, 5.74) is 2.86. The maximum atomic E-state index is 13.1. The summed E-state index contributed by atoms with van der Waals surface area (Å²) in [5, 5.41) is 7.12. The van der Waals surface area contributed by atoms with Crippen LogP contribution in [0.25, 0.3) is 11.1 Å². The second-order valence-electron chi connectivity index (χ2n) is 6.39. The van der Waals surface area contributed by atoms with Crippen LogP contribution in [0.3, 0.4) is 0 Å². The van der Waals surface area contributed by atoms with Crippen LogP contribution in [0.15, 0.2) is 68.2 Å². The molecule has 0 aliphatic carbocycles. The fourth-order valence-corrected chi connectivity index (χ4v) is 6.37. The highest BCUT2D eigenvalue weighted by Crippen LogP contribution is 2.36. The van der Waals surface area contributed by atoms with Gasteiger partial charge in [-0.3, -0.25) is 0 Å². The lowest BCUT2D eigenvalue weighted by molar-refractivity contribution is -0.192. The van der Waals surface area contributed by atoms with Crippen LogP contribution < -0.4 is 0 Å². The van der Waals surface area contributed by atoms with Crippen LogP contribution in [0.5, 0.6) is 0 Å². The Morgan fingerprint density at radius 3 is 2.21 bits per heavy atom. The summed E-state index contributed by atoms with van der Waals surface area (Å²) in [7, 11) is -2.52. The van der Waals surface area contributed by atoms with Crippen molar-refractivity contribution in [3.8, 4) is 11.1 Å². The molecule has 0 fully saturated rings. The Morgan fingerprint density at radius 1 is 1.06 bits per heavy atom. The molecule has 0 atom stereocenters. The summed E-state index contributed by atoms with van der Waals surface area (Å²) in [6.07, 6.45) is -5.08. The van der Waals surface area contributed by atoms with Crippen molar-refractivity contribution < 1.29 is 41.0 Å². The predicted octanol–water partition coefficient (Wildman–Crippen LogP) is 5.74. The molecule has 12 heteroatoms. The van der Waals surface area contributed by atoms with E-state index >= 15 is 0 Å². The van der Waals surface area contributed by atoms with Crippen LogP contribution in [0.2, 0.25) is 0 Å². The molecule has 0 saturated heterocycles. The maximum absolute atomic E-state index is 13.1. The number of carboxylic acid groups (broad SMARTS) is 1. The number of rotatable bonds is 4. The first-order valence-corrected chi connectivity index (χ1v) is 12.0. The normalized spacial score (nSPS) is 11.3. The van der Waals surface area contributed by atoms with E-state index in [0.717, 1.165) is 28.0 Å². The molecule has 0 unspecified atom stereocenters. The van der Waals surface area contributed by atoms with Crippen LogP contribution >= 0.6 is 27.3 Å². The highest BCUT2D eigenvalue weighted by Gasteiger charge is 2.38. The van der Waals surface area contributed by atoms with Gasteiger partial charge in [-0.15, -0.1) is 11.3 Å². The largest absolute Gasteiger partial charge is 0.490 e. The van der Waals surface area contributed by atoms with E-state index in [1.54, 1.807) is 18.2 Å². The third-order valence-corrected chi connectivity index (χ3v) is 8.16. The van der Waals surface area contributed by atoms with Crippen LogP contribution in [0, 0.1) is 6.92 Å². The number of carbonyl (C=O) groups excluding carboxylic acids is 1. The number of carboxylic acids is 1. The third kappa shape index (κ3) is 6.42. The van der Waals surface area contributed by atoms with Crippen molar-refractivity contribution in [2.75, 3.05) is 7.11 Å². The van der Waals surface area contributed by atoms with Gasteiger partial charge in [0.2, 0.25) is 9.84 Å². The van der Waals surface area contributed by atoms with Crippen molar-refractivity contribution in [2.45, 2.75) is 22.9 Å². The highest BCUT2D eigenvalue weighted by molar-refractivity contribution is 9.11. The molecule has 1 aromatic heterocycles. The van der Waals surface area contributed by atoms with E-state index in [1.807, 2.05) is 37.3 Å². The lowest BCUT2D eigenvalue weighted by atomic mass is 10.0. The fraction of sp³-hybridized carbons (Fsp3) is 0.143. The second kappa shape index (κ2) is 10.5. The minimum atomic E-state index is -5.08. The van der Waals surface area contributed by atoms with E-state index in [-0.39, 0.29) is 14.7 Å². The minimum absolute atomic E-state index is 0.0600. The van der Waals surface area contributed by atoms with Gasteiger partial charge in [-0.25, -0.2) is 18.0 Å². The molecule has 33 heavy (non-hydrogen) atoms. The van der Waals surface area contributed by atoms with Crippen molar-refractivity contribution >= 4 is 49.0 Å².